The maximum atomic E-state index is 13.3. The van der Waals surface area contributed by atoms with E-state index in [4.69, 9.17) is 5.73 Å². The van der Waals surface area contributed by atoms with Gasteiger partial charge in [0.15, 0.2) is 0 Å². The molecule has 0 bridgehead atoms. The third kappa shape index (κ3) is 4.60. The van der Waals surface area contributed by atoms with Crippen molar-refractivity contribution >= 4 is 34.2 Å². The molecule has 6 heteroatoms. The van der Waals surface area contributed by atoms with Crippen LogP contribution in [-0.2, 0) is 11.2 Å². The molecule has 0 saturated carbocycles. The predicted molar refractivity (Wildman–Crippen MR) is 103 cm³/mol. The lowest BCUT2D eigenvalue weighted by atomic mass is 9.89. The van der Waals surface area contributed by atoms with Crippen LogP contribution in [0.5, 0.6) is 0 Å². The minimum atomic E-state index is -0.320. The van der Waals surface area contributed by atoms with Crippen LogP contribution < -0.4 is 5.73 Å². The maximum Gasteiger partial charge on any atom is 0.227 e. The Kier molecular flexibility index (Phi) is 6.99. The zero-order chi connectivity index (χ0) is 17.1. The van der Waals surface area contributed by atoms with Crippen LogP contribution in [0, 0.1) is 11.7 Å². The molecule has 1 aliphatic heterocycles. The number of nitrogens with zero attached hydrogens (tertiary/aromatic N) is 1. The van der Waals surface area contributed by atoms with Crippen LogP contribution >= 0.6 is 28.3 Å². The molecule has 2 atom stereocenters. The zero-order valence-electron chi connectivity index (χ0n) is 13.7. The summed E-state index contributed by atoms with van der Waals surface area (Å²) in [6.45, 7) is 1.93. The second-order valence-electron chi connectivity index (χ2n) is 6.24. The van der Waals surface area contributed by atoms with Gasteiger partial charge < -0.3 is 10.6 Å². The van der Waals surface area contributed by atoms with Gasteiger partial charge in [0.1, 0.15) is 5.82 Å². The number of hydrogen-bond acceptors (Lipinski definition) is 2. The zero-order valence-corrected chi connectivity index (χ0v) is 16.1. The van der Waals surface area contributed by atoms with Crippen LogP contribution in [0.4, 0.5) is 4.39 Å². The predicted octanol–water partition coefficient (Wildman–Crippen LogP) is 3.75. The van der Waals surface area contributed by atoms with Gasteiger partial charge in [-0.25, -0.2) is 4.39 Å². The molecule has 0 radical (unpaired) electrons. The first-order chi connectivity index (χ1) is 11.6. The highest BCUT2D eigenvalue weighted by Gasteiger charge is 2.35. The lowest BCUT2D eigenvalue weighted by molar-refractivity contribution is -0.129. The van der Waals surface area contributed by atoms with Crippen molar-refractivity contribution in [1.29, 1.82) is 0 Å². The van der Waals surface area contributed by atoms with E-state index in [1.807, 2.05) is 23.1 Å². The van der Waals surface area contributed by atoms with Gasteiger partial charge in [-0.15, -0.1) is 12.4 Å². The van der Waals surface area contributed by atoms with Crippen LogP contribution in [0.15, 0.2) is 53.0 Å². The number of rotatable bonds is 4. The molecule has 1 aliphatic rings. The number of carbonyl (C=O) groups is 1. The Morgan fingerprint density at radius 2 is 1.92 bits per heavy atom. The quantitative estimate of drug-likeness (QED) is 0.808. The molecule has 3 rings (SSSR count). The van der Waals surface area contributed by atoms with E-state index >= 15 is 0 Å². The van der Waals surface area contributed by atoms with Crippen molar-refractivity contribution in [3.05, 3.63) is 69.9 Å². The molecule has 1 fully saturated rings. The van der Waals surface area contributed by atoms with Gasteiger partial charge in [-0.2, -0.15) is 0 Å². The Labute approximate surface area is 161 Å². The van der Waals surface area contributed by atoms with Crippen molar-refractivity contribution in [2.45, 2.75) is 12.3 Å². The van der Waals surface area contributed by atoms with Gasteiger partial charge >= 0.3 is 0 Å². The molecule has 3 nitrogen and oxygen atoms in total. The summed E-state index contributed by atoms with van der Waals surface area (Å²) in [6.07, 6.45) is 0.275. The van der Waals surface area contributed by atoms with Crippen LogP contribution in [0.1, 0.15) is 17.0 Å². The standard InChI is InChI=1S/C19H20BrFN2O.ClH/c20-17-8-13(6-7-18(17)21)9-19(24)23-11-15(10-22)16(12-23)14-4-2-1-3-5-14;/h1-8,15-16H,9-12,22H2;1H/t15-,16+;/m1./s1. The number of benzene rings is 2. The lowest BCUT2D eigenvalue weighted by Crippen LogP contribution is -2.31. The van der Waals surface area contributed by atoms with Gasteiger partial charge in [0.2, 0.25) is 5.91 Å². The molecule has 1 heterocycles. The first-order valence-electron chi connectivity index (χ1n) is 8.05. The van der Waals surface area contributed by atoms with Crippen molar-refractivity contribution in [2.24, 2.45) is 11.7 Å². The monoisotopic (exact) mass is 426 g/mol. The summed E-state index contributed by atoms with van der Waals surface area (Å²) < 4.78 is 13.7. The topological polar surface area (TPSA) is 46.3 Å². The number of hydrogen-bond donors (Lipinski definition) is 1. The Morgan fingerprint density at radius 3 is 2.56 bits per heavy atom. The van der Waals surface area contributed by atoms with Crippen LogP contribution in [0.2, 0.25) is 0 Å². The third-order valence-corrected chi connectivity index (χ3v) is 5.27. The maximum absolute atomic E-state index is 13.3. The second kappa shape index (κ2) is 8.79. The fraction of sp³-hybridized carbons (Fsp3) is 0.316. The molecule has 1 amide bonds. The largest absolute Gasteiger partial charge is 0.341 e. The number of amides is 1. The Hall–Kier alpha value is -1.43. The Bertz CT molecular complexity index is 729. The molecular weight excluding hydrogens is 407 g/mol. The molecule has 0 spiro atoms. The molecule has 2 N–H and O–H groups in total. The highest BCUT2D eigenvalue weighted by molar-refractivity contribution is 9.10. The average Bonchev–Trinajstić information content (AvgIpc) is 3.03. The molecule has 1 saturated heterocycles. The summed E-state index contributed by atoms with van der Waals surface area (Å²) in [7, 11) is 0. The van der Waals surface area contributed by atoms with E-state index in [1.54, 1.807) is 12.1 Å². The van der Waals surface area contributed by atoms with Crippen LogP contribution in [0.3, 0.4) is 0 Å². The van der Waals surface area contributed by atoms with Gasteiger partial charge in [0, 0.05) is 19.0 Å². The highest BCUT2D eigenvalue weighted by atomic mass is 79.9. The van der Waals surface area contributed by atoms with Gasteiger partial charge in [0.05, 0.1) is 10.9 Å². The van der Waals surface area contributed by atoms with Gasteiger partial charge in [-0.3, -0.25) is 4.79 Å². The molecule has 2 aromatic rings. The minimum Gasteiger partial charge on any atom is -0.341 e. The fourth-order valence-electron chi connectivity index (χ4n) is 3.33. The lowest BCUT2D eigenvalue weighted by Gasteiger charge is -2.17. The van der Waals surface area contributed by atoms with Crippen LogP contribution in [-0.4, -0.2) is 30.4 Å². The molecule has 0 aromatic heterocycles. The summed E-state index contributed by atoms with van der Waals surface area (Å²) in [4.78, 5) is 14.5. The van der Waals surface area contributed by atoms with Gasteiger partial charge in [-0.1, -0.05) is 36.4 Å². The van der Waals surface area contributed by atoms with Crippen molar-refractivity contribution < 1.29 is 9.18 Å². The molecule has 2 aromatic carbocycles. The number of carbonyl (C=O) groups excluding carboxylic acids is 1. The smallest absolute Gasteiger partial charge is 0.227 e. The third-order valence-electron chi connectivity index (χ3n) is 4.66. The van der Waals surface area contributed by atoms with Gasteiger partial charge in [0.25, 0.3) is 0 Å². The Balaban J connectivity index is 0.00000225. The summed E-state index contributed by atoms with van der Waals surface area (Å²) in [5, 5.41) is 0. The first kappa shape index (κ1) is 19.9. The molecule has 134 valence electrons. The summed E-state index contributed by atoms with van der Waals surface area (Å²) in [5.74, 6) is 0.293. The van der Waals surface area contributed by atoms with Crippen LogP contribution in [0.25, 0.3) is 0 Å². The van der Waals surface area contributed by atoms with E-state index in [0.717, 1.165) is 5.56 Å². The number of likely N-dealkylation sites (tertiary alicyclic amines) is 1. The second-order valence-corrected chi connectivity index (χ2v) is 7.09. The molecule has 25 heavy (non-hydrogen) atoms. The highest BCUT2D eigenvalue weighted by Crippen LogP contribution is 2.32. The first-order valence-corrected chi connectivity index (χ1v) is 8.84. The summed E-state index contributed by atoms with van der Waals surface area (Å²) in [6, 6.07) is 14.9. The molecular formula is C19H21BrClFN2O. The van der Waals surface area contributed by atoms with E-state index in [1.165, 1.54) is 11.6 Å². The van der Waals surface area contributed by atoms with E-state index in [-0.39, 0.29) is 42.4 Å². The van der Waals surface area contributed by atoms with E-state index in [9.17, 15) is 9.18 Å². The summed E-state index contributed by atoms with van der Waals surface area (Å²) >= 11 is 3.16. The molecule has 0 unspecified atom stereocenters. The van der Waals surface area contributed by atoms with Crippen molar-refractivity contribution in [3.8, 4) is 0 Å². The van der Waals surface area contributed by atoms with Crippen molar-refractivity contribution in [3.63, 3.8) is 0 Å². The molecule has 0 aliphatic carbocycles. The number of halogens is 3. The fourth-order valence-corrected chi connectivity index (χ4v) is 3.75. The minimum absolute atomic E-state index is 0. The van der Waals surface area contributed by atoms with Crippen molar-refractivity contribution in [2.75, 3.05) is 19.6 Å². The van der Waals surface area contributed by atoms with E-state index in [2.05, 4.69) is 28.1 Å². The number of nitrogens with two attached hydrogens (primary N) is 1. The Morgan fingerprint density at radius 1 is 1.20 bits per heavy atom. The average molecular weight is 428 g/mol. The summed E-state index contributed by atoms with van der Waals surface area (Å²) in [5.41, 5.74) is 7.96. The SMILES string of the molecule is Cl.NC[C@@H]1CN(C(=O)Cc2ccc(F)c(Br)c2)C[C@H]1c1ccccc1. The van der Waals surface area contributed by atoms with Crippen molar-refractivity contribution in [1.82, 2.24) is 4.90 Å². The van der Waals surface area contributed by atoms with E-state index < -0.39 is 0 Å². The van der Waals surface area contributed by atoms with E-state index in [0.29, 0.717) is 24.1 Å². The van der Waals surface area contributed by atoms with Gasteiger partial charge in [-0.05, 0) is 51.7 Å². The normalized spacial score (nSPS) is 19.6.